The number of carbonyl (C=O) groups excluding carboxylic acids is 1. The first-order chi connectivity index (χ1) is 11.7. The van der Waals surface area contributed by atoms with Crippen LogP contribution in [0.5, 0.6) is 5.75 Å². The van der Waals surface area contributed by atoms with E-state index in [0.29, 0.717) is 25.0 Å². The van der Waals surface area contributed by atoms with Crippen LogP contribution in [0.1, 0.15) is 19.3 Å². The predicted molar refractivity (Wildman–Crippen MR) is 110 cm³/mol. The van der Waals surface area contributed by atoms with Crippen LogP contribution >= 0.6 is 36.4 Å². The molecule has 0 radical (unpaired) electrons. The first kappa shape index (κ1) is 23.3. The molecule has 0 bridgehead atoms. The highest BCUT2D eigenvalue weighted by Crippen LogP contribution is 2.16. The van der Waals surface area contributed by atoms with Crippen molar-refractivity contribution in [1.82, 2.24) is 15.1 Å². The Labute approximate surface area is 173 Å². The van der Waals surface area contributed by atoms with Crippen LogP contribution in [0, 0.1) is 0 Å². The van der Waals surface area contributed by atoms with E-state index in [1.54, 1.807) is 0 Å². The van der Waals surface area contributed by atoms with Gasteiger partial charge in [-0.05, 0) is 43.7 Å². The number of nitrogens with one attached hydrogen (secondary N) is 1. The highest BCUT2D eigenvalue weighted by Gasteiger charge is 2.24. The van der Waals surface area contributed by atoms with Gasteiger partial charge in [0.15, 0.2) is 0 Å². The Balaban J connectivity index is 0.00000169. The summed E-state index contributed by atoms with van der Waals surface area (Å²) in [5.41, 5.74) is 0. The molecule has 26 heavy (non-hydrogen) atoms. The molecule has 148 valence electrons. The maximum absolute atomic E-state index is 12.3. The summed E-state index contributed by atoms with van der Waals surface area (Å²) in [6.45, 7) is 6.09. The van der Waals surface area contributed by atoms with Crippen molar-refractivity contribution in [1.29, 1.82) is 0 Å². The Morgan fingerprint density at radius 1 is 1.15 bits per heavy atom. The fraction of sp³-hybridized carbons (Fsp3) is 0.611. The van der Waals surface area contributed by atoms with Crippen molar-refractivity contribution in [2.24, 2.45) is 0 Å². The summed E-state index contributed by atoms with van der Waals surface area (Å²) in [4.78, 5) is 16.7. The molecule has 1 aromatic carbocycles. The van der Waals surface area contributed by atoms with Crippen molar-refractivity contribution in [2.45, 2.75) is 25.3 Å². The van der Waals surface area contributed by atoms with E-state index in [4.69, 9.17) is 16.3 Å². The van der Waals surface area contributed by atoms with Crippen LogP contribution in [0.4, 0.5) is 0 Å². The maximum atomic E-state index is 12.3. The Morgan fingerprint density at radius 2 is 1.85 bits per heavy atom. The van der Waals surface area contributed by atoms with Gasteiger partial charge in [0.2, 0.25) is 5.91 Å². The van der Waals surface area contributed by atoms with Crippen molar-refractivity contribution >= 4 is 42.3 Å². The molecule has 5 nitrogen and oxygen atoms in total. The minimum absolute atomic E-state index is 0. The van der Waals surface area contributed by atoms with Crippen LogP contribution in [0.2, 0.25) is 5.02 Å². The number of ether oxygens (including phenoxy) is 1. The zero-order valence-electron chi connectivity index (χ0n) is 14.9. The second-order valence-electron chi connectivity index (χ2n) is 6.52. The van der Waals surface area contributed by atoms with Crippen molar-refractivity contribution in [3.63, 3.8) is 0 Å². The summed E-state index contributed by atoms with van der Waals surface area (Å²) in [5, 5.41) is 4.12. The Morgan fingerprint density at radius 3 is 2.46 bits per heavy atom. The van der Waals surface area contributed by atoms with Crippen LogP contribution in [-0.4, -0.2) is 67.6 Å². The van der Waals surface area contributed by atoms with Gasteiger partial charge in [-0.2, -0.15) is 0 Å². The average molecular weight is 425 g/mol. The van der Waals surface area contributed by atoms with Gasteiger partial charge in [0.05, 0.1) is 0 Å². The lowest BCUT2D eigenvalue weighted by atomic mass is 10.1. The molecule has 0 aliphatic carbocycles. The normalized spacial score (nSPS) is 20.2. The molecule has 0 spiro atoms. The van der Waals surface area contributed by atoms with Crippen LogP contribution in [0.15, 0.2) is 24.3 Å². The van der Waals surface area contributed by atoms with Gasteiger partial charge >= 0.3 is 0 Å². The molecule has 1 amide bonds. The molecule has 2 heterocycles. The minimum atomic E-state index is 0. The highest BCUT2D eigenvalue weighted by atomic mass is 35.5. The third kappa shape index (κ3) is 7.12. The number of amides is 1. The van der Waals surface area contributed by atoms with E-state index in [1.165, 1.54) is 6.42 Å². The van der Waals surface area contributed by atoms with Crippen molar-refractivity contribution in [3.05, 3.63) is 29.3 Å². The van der Waals surface area contributed by atoms with Gasteiger partial charge in [-0.3, -0.25) is 9.69 Å². The van der Waals surface area contributed by atoms with Crippen LogP contribution in [0.25, 0.3) is 0 Å². The Kier molecular flexibility index (Phi) is 10.7. The lowest BCUT2D eigenvalue weighted by Crippen LogP contribution is -2.50. The van der Waals surface area contributed by atoms with E-state index in [-0.39, 0.29) is 24.8 Å². The molecule has 1 N–H and O–H groups in total. The average Bonchev–Trinajstić information content (AvgIpc) is 3.10. The molecule has 2 fully saturated rings. The van der Waals surface area contributed by atoms with Gasteiger partial charge in [-0.15, -0.1) is 24.8 Å². The third-order valence-electron chi connectivity index (χ3n) is 4.80. The fourth-order valence-corrected chi connectivity index (χ4v) is 3.44. The van der Waals surface area contributed by atoms with Crippen LogP contribution in [-0.2, 0) is 4.79 Å². The highest BCUT2D eigenvalue weighted by molar-refractivity contribution is 6.30. The molecule has 1 atom stereocenters. The lowest BCUT2D eigenvalue weighted by Gasteiger charge is -2.35. The first-order valence-electron chi connectivity index (χ1n) is 8.82. The number of carbonyl (C=O) groups is 1. The van der Waals surface area contributed by atoms with Gasteiger partial charge in [0, 0.05) is 50.2 Å². The molecule has 0 saturated carbocycles. The van der Waals surface area contributed by atoms with Gasteiger partial charge in [0.1, 0.15) is 12.4 Å². The largest absolute Gasteiger partial charge is 0.492 e. The van der Waals surface area contributed by atoms with Crippen molar-refractivity contribution in [3.8, 4) is 5.75 Å². The Hall–Kier alpha value is -0.720. The molecule has 2 aliphatic heterocycles. The van der Waals surface area contributed by atoms with E-state index < -0.39 is 0 Å². The minimum Gasteiger partial charge on any atom is -0.492 e. The van der Waals surface area contributed by atoms with E-state index in [1.807, 2.05) is 29.2 Å². The van der Waals surface area contributed by atoms with E-state index >= 15 is 0 Å². The second-order valence-corrected chi connectivity index (χ2v) is 6.96. The third-order valence-corrected chi connectivity index (χ3v) is 5.05. The summed E-state index contributed by atoms with van der Waals surface area (Å²) in [6.07, 6.45) is 2.98. The molecular weight excluding hydrogens is 397 g/mol. The Bertz CT molecular complexity index is 531. The van der Waals surface area contributed by atoms with Gasteiger partial charge in [-0.1, -0.05) is 11.6 Å². The van der Waals surface area contributed by atoms with Crippen molar-refractivity contribution < 1.29 is 9.53 Å². The molecular formula is C18H28Cl3N3O2. The summed E-state index contributed by atoms with van der Waals surface area (Å²) >= 11 is 5.86. The maximum Gasteiger partial charge on any atom is 0.224 e. The molecule has 8 heteroatoms. The molecule has 1 unspecified atom stereocenters. The smallest absolute Gasteiger partial charge is 0.224 e. The van der Waals surface area contributed by atoms with E-state index in [0.717, 1.165) is 56.5 Å². The summed E-state index contributed by atoms with van der Waals surface area (Å²) < 4.78 is 5.74. The van der Waals surface area contributed by atoms with Gasteiger partial charge in [0.25, 0.3) is 0 Å². The molecule has 1 aromatic rings. The standard InChI is InChI=1S/C18H26ClN3O2.2ClH/c19-15-3-5-17(6-4-15)24-13-12-21-8-10-22(11-9-21)18(23)14-16-2-1-7-20-16;;/h3-6,16,20H,1-2,7-14H2;2*1H. The summed E-state index contributed by atoms with van der Waals surface area (Å²) in [7, 11) is 0. The monoisotopic (exact) mass is 423 g/mol. The quantitative estimate of drug-likeness (QED) is 0.763. The lowest BCUT2D eigenvalue weighted by molar-refractivity contribution is -0.133. The zero-order valence-corrected chi connectivity index (χ0v) is 17.3. The first-order valence-corrected chi connectivity index (χ1v) is 9.20. The summed E-state index contributed by atoms with van der Waals surface area (Å²) in [6, 6.07) is 7.83. The number of hydrogen-bond acceptors (Lipinski definition) is 4. The number of rotatable bonds is 6. The van der Waals surface area contributed by atoms with E-state index in [9.17, 15) is 4.79 Å². The van der Waals surface area contributed by atoms with Gasteiger partial charge in [-0.25, -0.2) is 0 Å². The fourth-order valence-electron chi connectivity index (χ4n) is 3.32. The topological polar surface area (TPSA) is 44.8 Å². The SMILES string of the molecule is Cl.Cl.O=C(CC1CCCN1)N1CCN(CCOc2ccc(Cl)cc2)CC1. The van der Waals surface area contributed by atoms with Crippen LogP contribution in [0.3, 0.4) is 0 Å². The number of hydrogen-bond donors (Lipinski definition) is 1. The number of nitrogens with zero attached hydrogens (tertiary/aromatic N) is 2. The summed E-state index contributed by atoms with van der Waals surface area (Å²) in [5.74, 6) is 1.14. The number of halogens is 3. The molecule has 0 aromatic heterocycles. The molecule has 3 rings (SSSR count). The van der Waals surface area contributed by atoms with E-state index in [2.05, 4.69) is 10.2 Å². The zero-order chi connectivity index (χ0) is 16.8. The van der Waals surface area contributed by atoms with Gasteiger partial charge < -0.3 is 15.0 Å². The van der Waals surface area contributed by atoms with Crippen molar-refractivity contribution in [2.75, 3.05) is 45.9 Å². The number of benzene rings is 1. The molecule has 2 aliphatic rings. The predicted octanol–water partition coefficient (Wildman–Crippen LogP) is 2.85. The number of piperazine rings is 1. The molecule has 2 saturated heterocycles. The second kappa shape index (κ2) is 11.9. The van der Waals surface area contributed by atoms with Crippen LogP contribution < -0.4 is 10.1 Å².